The first-order chi connectivity index (χ1) is 16.6. The monoisotopic (exact) mass is 458 g/mol. The average Bonchev–Trinajstić information content (AvgIpc) is 3.42. The van der Waals surface area contributed by atoms with Crippen molar-refractivity contribution in [3.05, 3.63) is 95.9 Å². The van der Waals surface area contributed by atoms with Crippen molar-refractivity contribution >= 4 is 11.9 Å². The van der Waals surface area contributed by atoms with E-state index in [-0.39, 0.29) is 17.8 Å². The first-order valence-electron chi connectivity index (χ1n) is 12.1. The van der Waals surface area contributed by atoms with E-state index in [0.717, 1.165) is 25.7 Å². The van der Waals surface area contributed by atoms with E-state index in [1.54, 1.807) is 18.4 Å². The molecule has 6 nitrogen and oxygen atoms in total. The van der Waals surface area contributed by atoms with Crippen LogP contribution in [0, 0.1) is 11.8 Å². The fourth-order valence-corrected chi connectivity index (χ4v) is 4.93. The standard InChI is InChI=1S/C28H34N4O2/c29-28(30)31-18-21-13-15-22(16-14-21)19-32(27(33)26-12-7-17-34-26)20-25(23-8-3-1-4-9-23)24-10-5-2-6-11-24/h1-12,17,21-22,25H,13-16,18-20H2,(H4,29,30,31). The third-order valence-electron chi connectivity index (χ3n) is 6.80. The zero-order valence-corrected chi connectivity index (χ0v) is 19.6. The van der Waals surface area contributed by atoms with Crippen molar-refractivity contribution in [2.45, 2.75) is 31.6 Å². The summed E-state index contributed by atoms with van der Waals surface area (Å²) in [5.74, 6) is 1.53. The van der Waals surface area contributed by atoms with Gasteiger partial charge in [0.25, 0.3) is 5.91 Å². The molecule has 0 atom stereocenters. The quantitative estimate of drug-likeness (QED) is 0.361. The van der Waals surface area contributed by atoms with Gasteiger partial charge in [-0.05, 0) is 60.8 Å². The maximum Gasteiger partial charge on any atom is 0.289 e. The van der Waals surface area contributed by atoms with Crippen molar-refractivity contribution in [1.82, 2.24) is 4.90 Å². The van der Waals surface area contributed by atoms with Crippen molar-refractivity contribution in [2.24, 2.45) is 28.3 Å². The van der Waals surface area contributed by atoms with Crippen LogP contribution >= 0.6 is 0 Å². The molecular formula is C28H34N4O2. The number of benzene rings is 2. The lowest BCUT2D eigenvalue weighted by atomic mass is 9.81. The number of aliphatic imine (C=N–C) groups is 1. The van der Waals surface area contributed by atoms with Crippen molar-refractivity contribution in [1.29, 1.82) is 0 Å². The highest BCUT2D eigenvalue weighted by molar-refractivity contribution is 5.91. The molecule has 1 amide bonds. The molecule has 1 aromatic heterocycles. The number of guanidine groups is 1. The lowest BCUT2D eigenvalue weighted by Gasteiger charge is -2.34. The molecule has 4 N–H and O–H groups in total. The highest BCUT2D eigenvalue weighted by atomic mass is 16.3. The van der Waals surface area contributed by atoms with Crippen LogP contribution in [0.1, 0.15) is 53.3 Å². The predicted molar refractivity (Wildman–Crippen MR) is 135 cm³/mol. The van der Waals surface area contributed by atoms with E-state index in [0.29, 0.717) is 37.2 Å². The molecule has 1 fully saturated rings. The molecule has 1 aliphatic carbocycles. The summed E-state index contributed by atoms with van der Waals surface area (Å²) in [5, 5.41) is 0. The Morgan fingerprint density at radius 1 is 0.882 bits per heavy atom. The molecule has 34 heavy (non-hydrogen) atoms. The van der Waals surface area contributed by atoms with Crippen LogP contribution in [0.2, 0.25) is 0 Å². The van der Waals surface area contributed by atoms with Gasteiger partial charge in [-0.15, -0.1) is 0 Å². The smallest absolute Gasteiger partial charge is 0.289 e. The van der Waals surface area contributed by atoms with Gasteiger partial charge in [0.2, 0.25) is 0 Å². The van der Waals surface area contributed by atoms with Crippen molar-refractivity contribution < 1.29 is 9.21 Å². The van der Waals surface area contributed by atoms with Crippen LogP contribution < -0.4 is 11.5 Å². The SMILES string of the molecule is NC(N)=NCC1CCC(CN(CC(c2ccccc2)c2ccccc2)C(=O)c2ccco2)CC1. The minimum absolute atomic E-state index is 0.0514. The second-order valence-electron chi connectivity index (χ2n) is 9.21. The van der Waals surface area contributed by atoms with Crippen molar-refractivity contribution in [3.63, 3.8) is 0 Å². The van der Waals surface area contributed by atoms with E-state index in [2.05, 4.69) is 53.5 Å². The summed E-state index contributed by atoms with van der Waals surface area (Å²) in [6.45, 7) is 2.00. The molecule has 0 bridgehead atoms. The van der Waals surface area contributed by atoms with Crippen LogP contribution in [0.5, 0.6) is 0 Å². The average molecular weight is 459 g/mol. The molecule has 1 saturated carbocycles. The largest absolute Gasteiger partial charge is 0.459 e. The third-order valence-corrected chi connectivity index (χ3v) is 6.80. The summed E-state index contributed by atoms with van der Waals surface area (Å²) < 4.78 is 5.50. The molecule has 0 spiro atoms. The van der Waals surface area contributed by atoms with E-state index in [1.165, 1.54) is 11.1 Å². The second kappa shape index (κ2) is 11.5. The Kier molecular flexibility index (Phi) is 8.02. The maximum absolute atomic E-state index is 13.5. The Labute approximate surface area is 201 Å². The Balaban J connectivity index is 1.53. The number of hydrogen-bond acceptors (Lipinski definition) is 3. The fraction of sp³-hybridized carbons (Fsp3) is 0.357. The summed E-state index contributed by atoms with van der Waals surface area (Å²) in [6, 6.07) is 24.4. The Morgan fingerprint density at radius 2 is 1.47 bits per heavy atom. The number of hydrogen-bond donors (Lipinski definition) is 2. The topological polar surface area (TPSA) is 97.9 Å². The molecule has 3 aromatic rings. The summed E-state index contributed by atoms with van der Waals surface area (Å²) in [7, 11) is 0. The summed E-state index contributed by atoms with van der Waals surface area (Å²) in [5.41, 5.74) is 13.4. The molecule has 1 heterocycles. The van der Waals surface area contributed by atoms with Gasteiger partial charge in [-0.2, -0.15) is 0 Å². The zero-order valence-electron chi connectivity index (χ0n) is 19.6. The Hall–Kier alpha value is -3.54. The van der Waals surface area contributed by atoms with Crippen molar-refractivity contribution in [3.8, 4) is 0 Å². The molecular weight excluding hydrogens is 424 g/mol. The minimum Gasteiger partial charge on any atom is -0.459 e. The van der Waals surface area contributed by atoms with Gasteiger partial charge in [-0.3, -0.25) is 9.79 Å². The number of furan rings is 1. The van der Waals surface area contributed by atoms with Gasteiger partial charge < -0.3 is 20.8 Å². The van der Waals surface area contributed by atoms with Crippen molar-refractivity contribution in [2.75, 3.05) is 19.6 Å². The van der Waals surface area contributed by atoms with E-state index in [9.17, 15) is 4.79 Å². The molecule has 1 aliphatic rings. The number of carbonyl (C=O) groups excluding carboxylic acids is 1. The van der Waals surface area contributed by atoms with Crippen LogP contribution in [0.25, 0.3) is 0 Å². The first kappa shape index (κ1) is 23.6. The third kappa shape index (κ3) is 6.28. The highest BCUT2D eigenvalue weighted by Crippen LogP contribution is 2.32. The van der Waals surface area contributed by atoms with Gasteiger partial charge in [0.15, 0.2) is 11.7 Å². The number of rotatable bonds is 9. The molecule has 0 saturated heterocycles. The molecule has 6 heteroatoms. The van der Waals surface area contributed by atoms with Gasteiger partial charge in [0, 0.05) is 25.6 Å². The first-order valence-corrected chi connectivity index (χ1v) is 12.1. The maximum atomic E-state index is 13.5. The van der Waals surface area contributed by atoms with Gasteiger partial charge in [-0.25, -0.2) is 0 Å². The van der Waals surface area contributed by atoms with E-state index < -0.39 is 0 Å². The molecule has 0 aliphatic heterocycles. The summed E-state index contributed by atoms with van der Waals surface area (Å²) in [6.07, 6.45) is 5.84. The number of amides is 1. The van der Waals surface area contributed by atoms with Crippen LogP contribution in [0.15, 0.2) is 88.5 Å². The second-order valence-corrected chi connectivity index (χ2v) is 9.21. The zero-order chi connectivity index (χ0) is 23.8. The van der Waals surface area contributed by atoms with Crippen LogP contribution in [-0.4, -0.2) is 36.4 Å². The van der Waals surface area contributed by atoms with Crippen LogP contribution in [0.4, 0.5) is 0 Å². The van der Waals surface area contributed by atoms with Gasteiger partial charge in [0.1, 0.15) is 0 Å². The number of carbonyl (C=O) groups is 1. The van der Waals surface area contributed by atoms with E-state index in [4.69, 9.17) is 15.9 Å². The molecule has 178 valence electrons. The molecule has 0 unspecified atom stereocenters. The highest BCUT2D eigenvalue weighted by Gasteiger charge is 2.29. The fourth-order valence-electron chi connectivity index (χ4n) is 4.93. The van der Waals surface area contributed by atoms with Crippen LogP contribution in [0.3, 0.4) is 0 Å². The lowest BCUT2D eigenvalue weighted by Crippen LogP contribution is -2.39. The Bertz CT molecular complexity index is 999. The molecule has 4 rings (SSSR count). The molecule has 0 radical (unpaired) electrons. The summed E-state index contributed by atoms with van der Waals surface area (Å²) in [4.78, 5) is 19.7. The summed E-state index contributed by atoms with van der Waals surface area (Å²) >= 11 is 0. The minimum atomic E-state index is -0.0514. The van der Waals surface area contributed by atoms with E-state index in [1.807, 2.05) is 17.0 Å². The predicted octanol–water partition coefficient (Wildman–Crippen LogP) is 4.63. The number of nitrogens with two attached hydrogens (primary N) is 2. The lowest BCUT2D eigenvalue weighted by molar-refractivity contribution is 0.0668. The number of nitrogens with zero attached hydrogens (tertiary/aromatic N) is 2. The Morgan fingerprint density at radius 3 is 2.00 bits per heavy atom. The normalized spacial score (nSPS) is 17.9. The van der Waals surface area contributed by atoms with Gasteiger partial charge >= 0.3 is 0 Å². The molecule has 2 aromatic carbocycles. The van der Waals surface area contributed by atoms with Crippen LogP contribution in [-0.2, 0) is 0 Å². The van der Waals surface area contributed by atoms with E-state index >= 15 is 0 Å². The van der Waals surface area contributed by atoms with Gasteiger partial charge in [-0.1, -0.05) is 60.7 Å². The van der Waals surface area contributed by atoms with Gasteiger partial charge in [0.05, 0.1) is 6.26 Å².